The molecule has 0 aromatic heterocycles. The van der Waals surface area contributed by atoms with Crippen molar-refractivity contribution in [3.8, 4) is 0 Å². The SMILES string of the molecule is O=C(O)CC1COCCN1C(=O)C1CC1c1cccc(Cl)c1Cl. The van der Waals surface area contributed by atoms with Crippen molar-refractivity contribution in [2.24, 2.45) is 5.92 Å². The number of benzene rings is 1. The molecule has 1 aliphatic carbocycles. The molecule has 7 heteroatoms. The monoisotopic (exact) mass is 357 g/mol. The maximum absolute atomic E-state index is 12.7. The zero-order valence-electron chi connectivity index (χ0n) is 12.4. The van der Waals surface area contributed by atoms with Crippen molar-refractivity contribution in [3.05, 3.63) is 33.8 Å². The van der Waals surface area contributed by atoms with Crippen molar-refractivity contribution in [1.29, 1.82) is 0 Å². The van der Waals surface area contributed by atoms with Gasteiger partial charge in [0.15, 0.2) is 0 Å². The molecule has 1 amide bonds. The average Bonchev–Trinajstić information content (AvgIpc) is 3.30. The van der Waals surface area contributed by atoms with Crippen LogP contribution in [0.15, 0.2) is 18.2 Å². The summed E-state index contributed by atoms with van der Waals surface area (Å²) in [6, 6.07) is 5.04. The topological polar surface area (TPSA) is 66.8 Å². The summed E-state index contributed by atoms with van der Waals surface area (Å²) in [4.78, 5) is 25.4. The molecule has 3 rings (SSSR count). The van der Waals surface area contributed by atoms with E-state index >= 15 is 0 Å². The van der Waals surface area contributed by atoms with E-state index in [1.807, 2.05) is 12.1 Å². The lowest BCUT2D eigenvalue weighted by Gasteiger charge is -2.35. The van der Waals surface area contributed by atoms with E-state index in [-0.39, 0.29) is 30.8 Å². The van der Waals surface area contributed by atoms with Crippen LogP contribution < -0.4 is 0 Å². The molecule has 1 N–H and O–H groups in total. The second-order valence-corrected chi connectivity index (χ2v) is 6.74. The Hall–Kier alpha value is -1.30. The molecule has 1 heterocycles. The minimum atomic E-state index is -0.927. The maximum Gasteiger partial charge on any atom is 0.305 e. The number of rotatable bonds is 4. The molecule has 124 valence electrons. The van der Waals surface area contributed by atoms with Crippen molar-refractivity contribution in [2.45, 2.75) is 24.8 Å². The lowest BCUT2D eigenvalue weighted by atomic mass is 10.1. The minimum Gasteiger partial charge on any atom is -0.481 e. The van der Waals surface area contributed by atoms with Crippen LogP contribution in [0.3, 0.4) is 0 Å². The van der Waals surface area contributed by atoms with Crippen LogP contribution >= 0.6 is 23.2 Å². The fourth-order valence-corrected chi connectivity index (χ4v) is 3.60. The highest BCUT2D eigenvalue weighted by atomic mass is 35.5. The highest BCUT2D eigenvalue weighted by Gasteiger charge is 2.48. The van der Waals surface area contributed by atoms with Gasteiger partial charge in [0.2, 0.25) is 5.91 Å². The van der Waals surface area contributed by atoms with Crippen LogP contribution in [0.5, 0.6) is 0 Å². The van der Waals surface area contributed by atoms with Crippen LogP contribution in [0.4, 0.5) is 0 Å². The number of amides is 1. The van der Waals surface area contributed by atoms with Gasteiger partial charge in [-0.15, -0.1) is 0 Å². The third kappa shape index (κ3) is 3.47. The van der Waals surface area contributed by atoms with Crippen LogP contribution in [0.2, 0.25) is 10.0 Å². The number of morpholine rings is 1. The second-order valence-electron chi connectivity index (χ2n) is 5.95. The van der Waals surface area contributed by atoms with Crippen molar-refractivity contribution in [3.63, 3.8) is 0 Å². The van der Waals surface area contributed by atoms with Gasteiger partial charge in [0, 0.05) is 12.5 Å². The third-order valence-electron chi connectivity index (χ3n) is 4.41. The highest BCUT2D eigenvalue weighted by molar-refractivity contribution is 6.42. The van der Waals surface area contributed by atoms with E-state index in [2.05, 4.69) is 0 Å². The van der Waals surface area contributed by atoms with Crippen LogP contribution in [0.1, 0.15) is 24.3 Å². The summed E-state index contributed by atoms with van der Waals surface area (Å²) in [5, 5.41) is 9.97. The first kappa shape index (κ1) is 16.6. The molecule has 1 aromatic carbocycles. The maximum atomic E-state index is 12.7. The fraction of sp³-hybridized carbons (Fsp3) is 0.500. The average molecular weight is 358 g/mol. The second kappa shape index (κ2) is 6.67. The number of aliphatic carboxylic acids is 1. The summed E-state index contributed by atoms with van der Waals surface area (Å²) >= 11 is 12.3. The Bertz CT molecular complexity index is 637. The first-order chi connectivity index (χ1) is 11.0. The van der Waals surface area contributed by atoms with Crippen molar-refractivity contribution < 1.29 is 19.4 Å². The van der Waals surface area contributed by atoms with Gasteiger partial charge in [0.25, 0.3) is 0 Å². The van der Waals surface area contributed by atoms with E-state index in [0.717, 1.165) is 12.0 Å². The molecule has 2 fully saturated rings. The molecule has 1 aliphatic heterocycles. The van der Waals surface area contributed by atoms with Gasteiger partial charge in [-0.25, -0.2) is 0 Å². The smallest absolute Gasteiger partial charge is 0.305 e. The van der Waals surface area contributed by atoms with Gasteiger partial charge in [-0.2, -0.15) is 0 Å². The minimum absolute atomic E-state index is 0.0133. The first-order valence-corrected chi connectivity index (χ1v) is 8.28. The number of hydrogen-bond donors (Lipinski definition) is 1. The quantitative estimate of drug-likeness (QED) is 0.899. The molecule has 1 aromatic rings. The largest absolute Gasteiger partial charge is 0.481 e. The molecule has 0 radical (unpaired) electrons. The Morgan fingerprint density at radius 3 is 2.87 bits per heavy atom. The van der Waals surface area contributed by atoms with Crippen LogP contribution in [0, 0.1) is 5.92 Å². The van der Waals surface area contributed by atoms with E-state index in [0.29, 0.717) is 23.2 Å². The Morgan fingerprint density at radius 2 is 2.13 bits per heavy atom. The number of ether oxygens (including phenoxy) is 1. The van der Waals surface area contributed by atoms with Crippen molar-refractivity contribution in [1.82, 2.24) is 4.90 Å². The van der Waals surface area contributed by atoms with Crippen molar-refractivity contribution in [2.75, 3.05) is 19.8 Å². The van der Waals surface area contributed by atoms with Gasteiger partial charge in [-0.3, -0.25) is 9.59 Å². The molecular weight excluding hydrogens is 341 g/mol. The molecule has 5 nitrogen and oxygen atoms in total. The highest BCUT2D eigenvalue weighted by Crippen LogP contribution is 2.51. The molecule has 0 spiro atoms. The third-order valence-corrected chi connectivity index (χ3v) is 5.24. The number of carbonyl (C=O) groups is 2. The van der Waals surface area contributed by atoms with Gasteiger partial charge in [0.1, 0.15) is 0 Å². The lowest BCUT2D eigenvalue weighted by molar-refractivity contribution is -0.147. The van der Waals surface area contributed by atoms with E-state index in [1.165, 1.54) is 0 Å². The van der Waals surface area contributed by atoms with Gasteiger partial charge in [-0.05, 0) is 24.0 Å². The van der Waals surface area contributed by atoms with E-state index in [4.69, 9.17) is 33.0 Å². The predicted octanol–water partition coefficient (Wildman–Crippen LogP) is 2.80. The Kier molecular flexibility index (Phi) is 4.80. The summed E-state index contributed by atoms with van der Waals surface area (Å²) < 4.78 is 5.31. The van der Waals surface area contributed by atoms with E-state index in [1.54, 1.807) is 11.0 Å². The fourth-order valence-electron chi connectivity index (χ4n) is 3.15. The first-order valence-electron chi connectivity index (χ1n) is 7.53. The predicted molar refractivity (Wildman–Crippen MR) is 85.9 cm³/mol. The van der Waals surface area contributed by atoms with Gasteiger partial charge in [-0.1, -0.05) is 35.3 Å². The summed E-state index contributed by atoms with van der Waals surface area (Å²) in [6.07, 6.45) is 0.622. The number of nitrogens with zero attached hydrogens (tertiary/aromatic N) is 1. The van der Waals surface area contributed by atoms with Crippen LogP contribution in [-0.4, -0.2) is 47.7 Å². The Morgan fingerprint density at radius 1 is 1.35 bits per heavy atom. The zero-order chi connectivity index (χ0) is 16.6. The number of carboxylic acids is 1. The normalized spacial score (nSPS) is 26.9. The lowest BCUT2D eigenvalue weighted by Crippen LogP contribution is -2.50. The van der Waals surface area contributed by atoms with Crippen LogP contribution in [-0.2, 0) is 14.3 Å². The molecule has 1 saturated heterocycles. The van der Waals surface area contributed by atoms with Gasteiger partial charge in [0.05, 0.1) is 35.7 Å². The summed E-state index contributed by atoms with van der Waals surface area (Å²) in [7, 11) is 0. The number of carbonyl (C=O) groups excluding carboxylic acids is 1. The number of carboxylic acid groups (broad SMARTS) is 1. The molecule has 3 unspecified atom stereocenters. The van der Waals surface area contributed by atoms with Crippen LogP contribution in [0.25, 0.3) is 0 Å². The molecule has 2 aliphatic rings. The summed E-state index contributed by atoms with van der Waals surface area (Å²) in [6.45, 7) is 1.15. The molecule has 23 heavy (non-hydrogen) atoms. The Labute approximate surface area is 144 Å². The summed E-state index contributed by atoms with van der Waals surface area (Å²) in [5.74, 6) is -1.04. The number of halogens is 2. The Balaban J connectivity index is 1.71. The number of hydrogen-bond acceptors (Lipinski definition) is 3. The zero-order valence-corrected chi connectivity index (χ0v) is 13.9. The van der Waals surface area contributed by atoms with E-state index < -0.39 is 12.0 Å². The summed E-state index contributed by atoms with van der Waals surface area (Å²) in [5.41, 5.74) is 0.889. The molecular formula is C16H17Cl2NO4. The molecule has 0 bridgehead atoms. The molecule has 1 saturated carbocycles. The van der Waals surface area contributed by atoms with Gasteiger partial charge >= 0.3 is 5.97 Å². The van der Waals surface area contributed by atoms with Crippen molar-refractivity contribution >= 4 is 35.1 Å². The standard InChI is InChI=1S/C16H17Cl2NO4/c17-13-3-1-2-10(15(13)18)11-7-12(11)16(22)19-4-5-23-8-9(19)6-14(20)21/h1-3,9,11-12H,4-8H2,(H,20,21). The van der Waals surface area contributed by atoms with Gasteiger partial charge < -0.3 is 14.7 Å². The molecule has 3 atom stereocenters. The van der Waals surface area contributed by atoms with E-state index in [9.17, 15) is 9.59 Å².